The molecule has 0 radical (unpaired) electrons. The molecule has 0 fully saturated rings. The number of esters is 1. The van der Waals surface area contributed by atoms with E-state index in [1.807, 2.05) is 55.5 Å². The van der Waals surface area contributed by atoms with Gasteiger partial charge in [0.05, 0.1) is 5.02 Å². The number of aromatic amines is 1. The number of nitrogens with two attached hydrogens (primary N) is 1. The normalized spacial score (nSPS) is 10.8. The Labute approximate surface area is 171 Å². The Morgan fingerprint density at radius 3 is 2.69 bits per heavy atom. The van der Waals surface area contributed by atoms with Crippen molar-refractivity contribution in [3.8, 4) is 0 Å². The van der Waals surface area contributed by atoms with Crippen molar-refractivity contribution < 1.29 is 9.53 Å². The molecule has 2 aromatic carbocycles. The quantitative estimate of drug-likeness (QED) is 0.427. The van der Waals surface area contributed by atoms with Crippen LogP contribution in [-0.2, 0) is 11.3 Å². The first-order chi connectivity index (χ1) is 14.0. The van der Waals surface area contributed by atoms with Gasteiger partial charge in [0.1, 0.15) is 5.69 Å². The summed E-state index contributed by atoms with van der Waals surface area (Å²) in [5.74, 6) is -0.111. The van der Waals surface area contributed by atoms with Crippen molar-refractivity contribution in [2.45, 2.75) is 13.5 Å². The summed E-state index contributed by atoms with van der Waals surface area (Å²) in [5.41, 5.74) is 8.56. The molecule has 2 heterocycles. The molecule has 9 heteroatoms. The number of anilines is 3. The molecule has 0 atom stereocenters. The van der Waals surface area contributed by atoms with Crippen LogP contribution in [0.25, 0.3) is 10.9 Å². The second-order valence-electron chi connectivity index (χ2n) is 6.31. The van der Waals surface area contributed by atoms with Crippen molar-refractivity contribution in [2.24, 2.45) is 0 Å². The molecule has 0 saturated heterocycles. The molecular weight excluding hydrogens is 392 g/mol. The zero-order valence-electron chi connectivity index (χ0n) is 15.4. The minimum Gasteiger partial charge on any atom is -0.453 e. The third-order valence-corrected chi connectivity index (χ3v) is 4.66. The van der Waals surface area contributed by atoms with Gasteiger partial charge in [0.2, 0.25) is 11.9 Å². The molecule has 0 unspecified atom stereocenters. The van der Waals surface area contributed by atoms with Gasteiger partial charge in [0.15, 0.2) is 12.4 Å². The number of benzene rings is 2. The maximum atomic E-state index is 12.5. The number of nitrogen functional groups attached to an aromatic ring is 1. The van der Waals surface area contributed by atoms with E-state index in [0.717, 1.165) is 22.2 Å². The molecule has 146 valence electrons. The number of H-pyrrole nitrogens is 1. The monoisotopic (exact) mass is 408 g/mol. The lowest BCUT2D eigenvalue weighted by molar-refractivity contribution is 0.0456. The Balaban J connectivity index is 1.50. The Bertz CT molecular complexity index is 1210. The van der Waals surface area contributed by atoms with E-state index in [0.29, 0.717) is 5.02 Å². The molecule has 0 aliphatic heterocycles. The molecule has 8 nitrogen and oxygen atoms in total. The maximum absolute atomic E-state index is 12.5. The van der Waals surface area contributed by atoms with Gasteiger partial charge >= 0.3 is 5.97 Å². The number of hydrogen-bond acceptors (Lipinski definition) is 7. The summed E-state index contributed by atoms with van der Waals surface area (Å²) in [7, 11) is 0. The van der Waals surface area contributed by atoms with E-state index in [2.05, 4.69) is 25.3 Å². The van der Waals surface area contributed by atoms with Gasteiger partial charge in [-0.25, -0.2) is 4.79 Å². The van der Waals surface area contributed by atoms with Gasteiger partial charge in [-0.2, -0.15) is 15.0 Å². The van der Waals surface area contributed by atoms with Crippen molar-refractivity contribution in [3.05, 3.63) is 70.6 Å². The molecule has 29 heavy (non-hydrogen) atoms. The number of hydrogen-bond donors (Lipinski definition) is 3. The van der Waals surface area contributed by atoms with Crippen molar-refractivity contribution in [3.63, 3.8) is 0 Å². The van der Waals surface area contributed by atoms with Gasteiger partial charge in [0.25, 0.3) is 0 Å². The minimum absolute atomic E-state index is 0.0192. The number of aryl methyl sites for hydroxylation is 1. The number of halogens is 1. The second-order valence-corrected chi connectivity index (χ2v) is 6.69. The van der Waals surface area contributed by atoms with Crippen LogP contribution in [0.5, 0.6) is 0 Å². The molecule has 4 rings (SSSR count). The Morgan fingerprint density at radius 2 is 1.90 bits per heavy atom. The fourth-order valence-corrected chi connectivity index (χ4v) is 3.13. The van der Waals surface area contributed by atoms with E-state index in [9.17, 15) is 4.79 Å². The topological polar surface area (TPSA) is 119 Å². The SMILES string of the molecule is Cc1ccccc1Nc1nc(N)nc(COC(=O)c2[nH]c3ccccc3c2Cl)n1. The van der Waals surface area contributed by atoms with Crippen molar-refractivity contribution in [2.75, 3.05) is 11.1 Å². The van der Waals surface area contributed by atoms with Crippen LogP contribution in [0.1, 0.15) is 21.9 Å². The summed E-state index contributed by atoms with van der Waals surface area (Å²) < 4.78 is 5.32. The number of carbonyl (C=O) groups excluding carboxylic acids is 1. The van der Waals surface area contributed by atoms with Crippen LogP contribution in [0.4, 0.5) is 17.6 Å². The number of rotatable bonds is 5. The third kappa shape index (κ3) is 3.97. The summed E-state index contributed by atoms with van der Waals surface area (Å²) in [4.78, 5) is 27.8. The molecule has 0 amide bonds. The summed E-state index contributed by atoms with van der Waals surface area (Å²) in [6.45, 7) is 1.78. The van der Waals surface area contributed by atoms with Crippen molar-refractivity contribution in [1.29, 1.82) is 0 Å². The highest BCUT2D eigenvalue weighted by Gasteiger charge is 2.18. The lowest BCUT2D eigenvalue weighted by Gasteiger charge is -2.09. The number of aromatic nitrogens is 4. The van der Waals surface area contributed by atoms with Gasteiger partial charge in [-0.15, -0.1) is 0 Å². The summed E-state index contributed by atoms with van der Waals surface area (Å²) >= 11 is 6.29. The predicted molar refractivity (Wildman–Crippen MR) is 111 cm³/mol. The van der Waals surface area contributed by atoms with Crippen LogP contribution in [0.3, 0.4) is 0 Å². The van der Waals surface area contributed by atoms with E-state index >= 15 is 0 Å². The Morgan fingerprint density at radius 1 is 1.14 bits per heavy atom. The number of nitrogens with zero attached hydrogens (tertiary/aromatic N) is 3. The molecule has 0 bridgehead atoms. The molecular formula is C20H17ClN6O2. The first-order valence-corrected chi connectivity index (χ1v) is 9.15. The second kappa shape index (κ2) is 7.76. The van der Waals surface area contributed by atoms with E-state index in [4.69, 9.17) is 22.1 Å². The Kier molecular flexibility index (Phi) is 5.01. The third-order valence-electron chi connectivity index (χ3n) is 4.27. The summed E-state index contributed by atoms with van der Waals surface area (Å²) in [6, 6.07) is 15.0. The fourth-order valence-electron chi connectivity index (χ4n) is 2.84. The maximum Gasteiger partial charge on any atom is 0.356 e. The largest absolute Gasteiger partial charge is 0.453 e. The standard InChI is InChI=1S/C20H17ClN6O2/c1-11-6-2-4-8-13(11)24-20-26-15(25-19(22)27-20)10-29-18(28)17-16(21)12-7-3-5-9-14(12)23-17/h2-9,23H,10H2,1H3,(H3,22,24,25,26,27). The first kappa shape index (κ1) is 18.7. The molecule has 0 aliphatic rings. The van der Waals surface area contributed by atoms with E-state index < -0.39 is 5.97 Å². The van der Waals surface area contributed by atoms with Gasteiger partial charge in [0, 0.05) is 16.6 Å². The average Bonchev–Trinajstić information content (AvgIpc) is 3.05. The fraction of sp³-hybridized carbons (Fsp3) is 0.100. The molecule has 0 spiro atoms. The van der Waals surface area contributed by atoms with Crippen LogP contribution in [0.2, 0.25) is 5.02 Å². The molecule has 4 aromatic rings. The molecule has 0 aliphatic carbocycles. The smallest absolute Gasteiger partial charge is 0.356 e. The first-order valence-electron chi connectivity index (χ1n) is 8.77. The van der Waals surface area contributed by atoms with Crippen LogP contribution in [0, 0.1) is 6.92 Å². The lowest BCUT2D eigenvalue weighted by Crippen LogP contribution is -2.11. The summed E-state index contributed by atoms with van der Waals surface area (Å²) in [6.07, 6.45) is 0. The average molecular weight is 409 g/mol. The molecule has 4 N–H and O–H groups in total. The Hall–Kier alpha value is -3.65. The number of fused-ring (bicyclic) bond motifs is 1. The van der Waals surface area contributed by atoms with Gasteiger partial charge < -0.3 is 20.8 Å². The highest BCUT2D eigenvalue weighted by Crippen LogP contribution is 2.27. The van der Waals surface area contributed by atoms with Crippen molar-refractivity contribution >= 4 is 46.1 Å². The van der Waals surface area contributed by atoms with Crippen LogP contribution in [0.15, 0.2) is 48.5 Å². The number of ether oxygens (including phenoxy) is 1. The van der Waals surface area contributed by atoms with E-state index in [-0.39, 0.29) is 30.0 Å². The van der Waals surface area contributed by atoms with Gasteiger partial charge in [-0.05, 0) is 24.6 Å². The predicted octanol–water partition coefficient (Wildman–Crippen LogP) is 4.00. The molecule has 0 saturated carbocycles. The van der Waals surface area contributed by atoms with Gasteiger partial charge in [-0.3, -0.25) is 0 Å². The number of carbonyl (C=O) groups is 1. The number of nitrogens with one attached hydrogen (secondary N) is 2. The zero-order valence-corrected chi connectivity index (χ0v) is 16.2. The van der Waals surface area contributed by atoms with Gasteiger partial charge in [-0.1, -0.05) is 48.0 Å². The summed E-state index contributed by atoms with van der Waals surface area (Å²) in [5, 5.41) is 4.14. The molecule has 2 aromatic heterocycles. The minimum atomic E-state index is -0.612. The highest BCUT2D eigenvalue weighted by molar-refractivity contribution is 6.38. The van der Waals surface area contributed by atoms with E-state index in [1.54, 1.807) is 0 Å². The van der Waals surface area contributed by atoms with Crippen molar-refractivity contribution in [1.82, 2.24) is 19.9 Å². The zero-order chi connectivity index (χ0) is 20.4. The van der Waals surface area contributed by atoms with Crippen LogP contribution >= 0.6 is 11.6 Å². The lowest BCUT2D eigenvalue weighted by atomic mass is 10.2. The van der Waals surface area contributed by atoms with Crippen LogP contribution in [-0.4, -0.2) is 25.9 Å². The van der Waals surface area contributed by atoms with E-state index in [1.165, 1.54) is 0 Å². The highest BCUT2D eigenvalue weighted by atomic mass is 35.5. The number of para-hydroxylation sites is 2. The van der Waals surface area contributed by atoms with Crippen LogP contribution < -0.4 is 11.1 Å².